The maximum absolute atomic E-state index is 13.3. The number of nitrogens with zero attached hydrogens (tertiary/aromatic N) is 2. The molecular formula is C38H50N4O8. The summed E-state index contributed by atoms with van der Waals surface area (Å²) in [6, 6.07) is 7.15. The van der Waals surface area contributed by atoms with E-state index >= 15 is 0 Å². The lowest BCUT2D eigenvalue weighted by atomic mass is 9.76. The second kappa shape index (κ2) is 15.3. The van der Waals surface area contributed by atoms with Crippen molar-refractivity contribution in [2.24, 2.45) is 11.8 Å². The number of benzene rings is 1. The smallest absolute Gasteiger partial charge is 0.339 e. The molecule has 5 rings (SSSR count). The lowest BCUT2D eigenvalue weighted by Gasteiger charge is -2.43. The summed E-state index contributed by atoms with van der Waals surface area (Å²) in [6.07, 6.45) is 5.47. The number of pyridine rings is 1. The van der Waals surface area contributed by atoms with E-state index in [4.69, 9.17) is 19.6 Å². The van der Waals surface area contributed by atoms with E-state index in [1.165, 1.54) is 0 Å². The third-order valence-electron chi connectivity index (χ3n) is 10.2. The summed E-state index contributed by atoms with van der Waals surface area (Å²) >= 11 is 0. The van der Waals surface area contributed by atoms with Crippen molar-refractivity contribution in [1.29, 1.82) is 0 Å². The largest absolute Gasteiger partial charge is 0.482 e. The van der Waals surface area contributed by atoms with Crippen LogP contribution >= 0.6 is 0 Å². The van der Waals surface area contributed by atoms with E-state index in [1.54, 1.807) is 44.3 Å². The van der Waals surface area contributed by atoms with Gasteiger partial charge in [-0.15, -0.1) is 0 Å². The standard InChI is InChI=1S/C38H50N4O8/c1-6-23(2)35(46)50-37(3,4)38(16-28-13-33(39)41-19-30(28)14-34(45)42-20-25(21-42)18-40-5)17-29-12-26-11-27(10-24(22-44)8-7-9-43)36(47)48-31(26)15-32(29)49-38/h6,11-13,15,19,24-25,40,43-44H,7-10,14,16-18,20-22H2,1-5H3,(H2,39,41)/b23-6+/t24-,38+/m1/s1. The van der Waals surface area contributed by atoms with E-state index in [0.29, 0.717) is 83.9 Å². The predicted octanol–water partition coefficient (Wildman–Crippen LogP) is 3.12. The van der Waals surface area contributed by atoms with Crippen molar-refractivity contribution < 1.29 is 33.7 Å². The number of nitrogens with two attached hydrogens (primary N) is 1. The van der Waals surface area contributed by atoms with Gasteiger partial charge in [-0.25, -0.2) is 14.6 Å². The molecule has 0 radical (unpaired) electrons. The number of nitrogen functional groups attached to an aromatic ring is 1. The Balaban J connectivity index is 1.51. The van der Waals surface area contributed by atoms with Crippen molar-refractivity contribution in [2.75, 3.05) is 45.6 Å². The Labute approximate surface area is 292 Å². The Hall–Kier alpha value is -4.26. The minimum atomic E-state index is -1.19. The number of rotatable bonds is 15. The number of aromatic nitrogens is 1. The van der Waals surface area contributed by atoms with Crippen molar-refractivity contribution >= 4 is 28.7 Å². The second-order valence-electron chi connectivity index (χ2n) is 14.3. The van der Waals surface area contributed by atoms with Crippen molar-refractivity contribution in [1.82, 2.24) is 15.2 Å². The molecule has 0 saturated carbocycles. The fourth-order valence-corrected chi connectivity index (χ4v) is 6.93. The fourth-order valence-electron chi connectivity index (χ4n) is 6.93. The average Bonchev–Trinajstić information content (AvgIpc) is 3.42. The molecule has 5 N–H and O–H groups in total. The lowest BCUT2D eigenvalue weighted by Crippen LogP contribution is -2.58. The number of nitrogens with one attached hydrogen (secondary N) is 1. The third-order valence-corrected chi connectivity index (χ3v) is 10.2. The van der Waals surface area contributed by atoms with Crippen LogP contribution in [0.1, 0.15) is 62.8 Å². The Kier molecular flexibility index (Phi) is 11.3. The highest BCUT2D eigenvalue weighted by Crippen LogP contribution is 2.46. The Morgan fingerprint density at radius 3 is 2.64 bits per heavy atom. The number of allylic oxidation sites excluding steroid dienone is 1. The first-order valence-electron chi connectivity index (χ1n) is 17.3. The number of carbonyl (C=O) groups is 2. The van der Waals surface area contributed by atoms with Gasteiger partial charge in [0, 0.05) is 80.4 Å². The molecule has 2 aromatic heterocycles. The van der Waals surface area contributed by atoms with E-state index in [2.05, 4.69) is 10.3 Å². The van der Waals surface area contributed by atoms with Crippen LogP contribution < -0.4 is 21.4 Å². The van der Waals surface area contributed by atoms with Gasteiger partial charge in [-0.1, -0.05) is 6.08 Å². The molecule has 0 aliphatic carbocycles. The number of amides is 1. The second-order valence-corrected chi connectivity index (χ2v) is 14.3. The first-order valence-corrected chi connectivity index (χ1v) is 17.3. The molecule has 1 fully saturated rings. The number of likely N-dealkylation sites (tertiary alicyclic amines) is 1. The zero-order valence-corrected chi connectivity index (χ0v) is 29.7. The number of aliphatic hydroxyl groups is 2. The summed E-state index contributed by atoms with van der Waals surface area (Å²) in [7, 11) is 1.90. The topological polar surface area (TPSA) is 177 Å². The van der Waals surface area contributed by atoms with Crippen molar-refractivity contribution in [3.05, 3.63) is 74.8 Å². The molecule has 3 aromatic rings. The molecule has 0 spiro atoms. The van der Waals surface area contributed by atoms with Crippen molar-refractivity contribution in [3.8, 4) is 5.75 Å². The number of ether oxygens (including phenoxy) is 2. The zero-order valence-electron chi connectivity index (χ0n) is 29.7. The van der Waals surface area contributed by atoms with Crippen LogP contribution in [0, 0.1) is 11.8 Å². The van der Waals surface area contributed by atoms with Crippen molar-refractivity contribution in [3.63, 3.8) is 0 Å². The molecule has 1 aromatic carbocycles. The van der Waals surface area contributed by atoms with Crippen LogP contribution in [-0.2, 0) is 40.0 Å². The van der Waals surface area contributed by atoms with Crippen LogP contribution in [0.2, 0.25) is 0 Å². The quantitative estimate of drug-likeness (QED) is 0.105. The third kappa shape index (κ3) is 7.87. The number of hydrogen-bond donors (Lipinski definition) is 4. The van der Waals surface area contributed by atoms with E-state index in [-0.39, 0.29) is 37.9 Å². The molecule has 2 aliphatic heterocycles. The molecule has 50 heavy (non-hydrogen) atoms. The van der Waals surface area contributed by atoms with Gasteiger partial charge < -0.3 is 40.1 Å². The molecule has 0 unspecified atom stereocenters. The van der Waals surface area contributed by atoms with Gasteiger partial charge in [0.05, 0.1) is 6.42 Å². The van der Waals surface area contributed by atoms with E-state index in [9.17, 15) is 24.6 Å². The molecule has 270 valence electrons. The summed E-state index contributed by atoms with van der Waals surface area (Å²) in [5.74, 6) is 0.549. The molecule has 12 heteroatoms. The Bertz CT molecular complexity index is 1810. The highest BCUT2D eigenvalue weighted by molar-refractivity contribution is 5.88. The van der Waals surface area contributed by atoms with Crippen molar-refractivity contribution in [2.45, 2.75) is 77.4 Å². The van der Waals surface area contributed by atoms with Crippen LogP contribution in [0.5, 0.6) is 5.75 Å². The fraction of sp³-hybridized carbons (Fsp3) is 0.526. The Morgan fingerprint density at radius 1 is 1.20 bits per heavy atom. The summed E-state index contributed by atoms with van der Waals surface area (Å²) in [6.45, 7) is 9.24. The molecule has 2 aliphatic rings. The van der Waals surface area contributed by atoms with Gasteiger partial charge in [0.2, 0.25) is 5.91 Å². The number of fused-ring (bicyclic) bond motifs is 2. The SMILES string of the molecule is C/C=C(\C)C(=O)OC(C)(C)[C@]1(Cc2cc(N)ncc2CC(=O)N2CC(CNC)C2)Cc2cc3cc(C[C@H](CO)CCCO)c(=O)oc3cc2O1. The van der Waals surface area contributed by atoms with Crippen LogP contribution in [0.25, 0.3) is 11.0 Å². The highest BCUT2D eigenvalue weighted by Gasteiger charge is 2.54. The van der Waals surface area contributed by atoms with Gasteiger partial charge in [0.25, 0.3) is 0 Å². The minimum absolute atomic E-state index is 0.00104. The van der Waals surface area contributed by atoms with Crippen LogP contribution in [0.4, 0.5) is 5.82 Å². The number of anilines is 1. The summed E-state index contributed by atoms with van der Waals surface area (Å²) in [5.41, 5.74) is 6.91. The summed E-state index contributed by atoms with van der Waals surface area (Å²) < 4.78 is 18.8. The van der Waals surface area contributed by atoms with Gasteiger partial charge in [-0.3, -0.25) is 4.79 Å². The number of carbonyl (C=O) groups excluding carboxylic acids is 2. The highest BCUT2D eigenvalue weighted by atomic mass is 16.6. The van der Waals surface area contributed by atoms with Crippen LogP contribution in [0.15, 0.2) is 51.3 Å². The van der Waals surface area contributed by atoms with Gasteiger partial charge in [0.1, 0.15) is 22.8 Å². The van der Waals surface area contributed by atoms with Crippen LogP contribution in [0.3, 0.4) is 0 Å². The Morgan fingerprint density at radius 2 is 1.96 bits per heavy atom. The van der Waals surface area contributed by atoms with Gasteiger partial charge in [0.15, 0.2) is 5.60 Å². The maximum atomic E-state index is 13.3. The molecule has 1 amide bonds. The normalized spacial score (nSPS) is 18.5. The summed E-state index contributed by atoms with van der Waals surface area (Å²) in [5, 5.41) is 23.0. The van der Waals surface area contributed by atoms with E-state index in [1.807, 2.05) is 31.9 Å². The van der Waals surface area contributed by atoms with Gasteiger partial charge in [-0.2, -0.15) is 0 Å². The lowest BCUT2D eigenvalue weighted by molar-refractivity contribution is -0.174. The first kappa shape index (κ1) is 37.0. The van der Waals surface area contributed by atoms with Crippen LogP contribution in [-0.4, -0.2) is 83.1 Å². The molecule has 4 heterocycles. The summed E-state index contributed by atoms with van der Waals surface area (Å²) in [4.78, 5) is 45.7. The van der Waals surface area contributed by atoms with E-state index in [0.717, 1.165) is 17.7 Å². The molecule has 1 saturated heterocycles. The number of aliphatic hydroxyl groups excluding tert-OH is 2. The maximum Gasteiger partial charge on any atom is 0.339 e. The molecular weight excluding hydrogens is 640 g/mol. The molecule has 0 bridgehead atoms. The average molecular weight is 691 g/mol. The predicted molar refractivity (Wildman–Crippen MR) is 190 cm³/mol. The minimum Gasteiger partial charge on any atom is -0.482 e. The van der Waals surface area contributed by atoms with E-state index < -0.39 is 22.8 Å². The van der Waals surface area contributed by atoms with Gasteiger partial charge >= 0.3 is 11.6 Å². The molecule has 12 nitrogen and oxygen atoms in total. The number of hydrogen-bond acceptors (Lipinski definition) is 11. The van der Waals surface area contributed by atoms with Gasteiger partial charge in [-0.05, 0) is 94.8 Å². The zero-order chi connectivity index (χ0) is 36.2. The molecule has 2 atom stereocenters. The number of esters is 1. The first-order chi connectivity index (χ1) is 23.8. The monoisotopic (exact) mass is 690 g/mol.